The molecule has 2 atom stereocenters. The van der Waals surface area contributed by atoms with Gasteiger partial charge in [0.2, 0.25) is 0 Å². The van der Waals surface area contributed by atoms with Crippen molar-refractivity contribution in [3.63, 3.8) is 0 Å². The Balaban J connectivity index is 1.70. The molecule has 2 aromatic carbocycles. The topological polar surface area (TPSA) is 62.5 Å². The van der Waals surface area contributed by atoms with Crippen LogP contribution in [0.4, 0.5) is 5.69 Å². The van der Waals surface area contributed by atoms with Crippen molar-refractivity contribution in [3.8, 4) is 17.2 Å². The number of pyridine rings is 1. The summed E-state index contributed by atoms with van der Waals surface area (Å²) in [6.07, 6.45) is 3.78. The number of rotatable bonds is 5. The van der Waals surface area contributed by atoms with E-state index < -0.39 is 0 Å². The zero-order chi connectivity index (χ0) is 22.1. The van der Waals surface area contributed by atoms with E-state index in [9.17, 15) is 5.11 Å². The summed E-state index contributed by atoms with van der Waals surface area (Å²) in [6.45, 7) is 0. The van der Waals surface area contributed by atoms with Crippen LogP contribution in [0.25, 0.3) is 5.69 Å². The molecule has 0 unspecified atom stereocenters. The molecule has 1 saturated heterocycles. The molecule has 1 fully saturated rings. The molecule has 1 aliphatic rings. The lowest BCUT2D eigenvalue weighted by Gasteiger charge is -2.29. The number of hydrogen-bond acceptors (Lipinski definition) is 4. The Morgan fingerprint density at radius 1 is 0.938 bits per heavy atom. The van der Waals surface area contributed by atoms with Crippen LogP contribution in [-0.2, 0) is 0 Å². The van der Waals surface area contributed by atoms with E-state index in [1.54, 1.807) is 25.4 Å². The number of thiocarbonyl (C=S) groups is 1. The van der Waals surface area contributed by atoms with Crippen LogP contribution in [-0.4, -0.2) is 26.9 Å². The molecule has 0 bridgehead atoms. The summed E-state index contributed by atoms with van der Waals surface area (Å²) < 4.78 is 7.72. The van der Waals surface area contributed by atoms with Crippen LogP contribution in [0.1, 0.15) is 23.5 Å². The van der Waals surface area contributed by atoms with Crippen LogP contribution in [0.5, 0.6) is 11.5 Å². The molecule has 0 radical (unpaired) electrons. The van der Waals surface area contributed by atoms with E-state index in [1.807, 2.05) is 71.8 Å². The smallest absolute Gasteiger partial charge is 0.174 e. The zero-order valence-corrected chi connectivity index (χ0v) is 18.2. The third kappa shape index (κ3) is 3.36. The van der Waals surface area contributed by atoms with Gasteiger partial charge in [-0.1, -0.05) is 30.3 Å². The van der Waals surface area contributed by atoms with Gasteiger partial charge in [-0.25, -0.2) is 0 Å². The van der Waals surface area contributed by atoms with Gasteiger partial charge in [0.05, 0.1) is 30.2 Å². The van der Waals surface area contributed by atoms with E-state index in [-0.39, 0.29) is 17.8 Å². The monoisotopic (exact) mass is 442 g/mol. The Morgan fingerprint density at radius 2 is 1.69 bits per heavy atom. The number of methoxy groups -OCH3 is 1. The average molecular weight is 443 g/mol. The van der Waals surface area contributed by atoms with Crippen LogP contribution in [0.3, 0.4) is 0 Å². The number of aromatic hydroxyl groups is 1. The Bertz CT molecular complexity index is 1260. The predicted octanol–water partition coefficient (Wildman–Crippen LogP) is 4.76. The molecule has 7 heteroatoms. The highest BCUT2D eigenvalue weighted by Crippen LogP contribution is 2.45. The molecule has 2 N–H and O–H groups in total. The average Bonchev–Trinajstić information content (AvgIpc) is 3.44. The fourth-order valence-corrected chi connectivity index (χ4v) is 4.60. The number of anilines is 1. The van der Waals surface area contributed by atoms with Crippen molar-refractivity contribution in [2.24, 2.45) is 0 Å². The summed E-state index contributed by atoms with van der Waals surface area (Å²) in [6, 6.07) is 24.5. The molecule has 1 aliphatic heterocycles. The number of phenols is 1. The summed E-state index contributed by atoms with van der Waals surface area (Å²) in [7, 11) is 1.67. The third-order valence-electron chi connectivity index (χ3n) is 5.67. The second-order valence-electron chi connectivity index (χ2n) is 7.46. The maximum Gasteiger partial charge on any atom is 0.174 e. The van der Waals surface area contributed by atoms with Gasteiger partial charge >= 0.3 is 0 Å². The predicted molar refractivity (Wildman–Crippen MR) is 128 cm³/mol. The number of phenolic OH excluding ortho intramolecular Hbond substituents is 1. The van der Waals surface area contributed by atoms with E-state index >= 15 is 0 Å². The maximum absolute atomic E-state index is 10.7. The van der Waals surface area contributed by atoms with E-state index in [0.717, 1.165) is 22.8 Å². The first-order chi connectivity index (χ1) is 15.7. The molecule has 160 valence electrons. The quantitative estimate of drug-likeness (QED) is 0.435. The first kappa shape index (κ1) is 20.1. The van der Waals surface area contributed by atoms with Crippen molar-refractivity contribution in [1.82, 2.24) is 14.9 Å². The van der Waals surface area contributed by atoms with Gasteiger partial charge in [-0.15, -0.1) is 0 Å². The van der Waals surface area contributed by atoms with Gasteiger partial charge in [0.25, 0.3) is 0 Å². The Hall–Kier alpha value is -3.84. The molecule has 32 heavy (non-hydrogen) atoms. The number of para-hydroxylation sites is 4. The lowest BCUT2D eigenvalue weighted by Crippen LogP contribution is -2.30. The van der Waals surface area contributed by atoms with Crippen molar-refractivity contribution in [1.29, 1.82) is 0 Å². The minimum atomic E-state index is -0.259. The zero-order valence-electron chi connectivity index (χ0n) is 17.4. The number of nitrogens with one attached hydrogen (secondary N) is 1. The van der Waals surface area contributed by atoms with Crippen molar-refractivity contribution in [2.75, 3.05) is 12.0 Å². The SMILES string of the molecule is COc1ccccc1-n1cccc1[C@@H]1[C@@H](c2ccccn2)NC(=S)N1c1ccccc1O. The summed E-state index contributed by atoms with van der Waals surface area (Å²) in [5.74, 6) is 0.931. The van der Waals surface area contributed by atoms with E-state index in [2.05, 4.69) is 20.9 Å². The lowest BCUT2D eigenvalue weighted by atomic mass is 10.0. The first-order valence-electron chi connectivity index (χ1n) is 10.3. The maximum atomic E-state index is 10.7. The molecular formula is C25H22N4O2S. The fraction of sp³-hybridized carbons (Fsp3) is 0.120. The van der Waals surface area contributed by atoms with Crippen LogP contribution in [0, 0.1) is 0 Å². The van der Waals surface area contributed by atoms with Crippen LogP contribution < -0.4 is 15.0 Å². The molecule has 6 nitrogen and oxygen atoms in total. The molecule has 5 rings (SSSR count). The molecule has 2 aromatic heterocycles. The van der Waals surface area contributed by atoms with Gasteiger partial charge < -0.3 is 24.6 Å². The number of nitrogens with zero attached hydrogens (tertiary/aromatic N) is 3. The number of hydrogen-bond donors (Lipinski definition) is 2. The van der Waals surface area contributed by atoms with Gasteiger partial charge in [0.1, 0.15) is 17.5 Å². The van der Waals surface area contributed by atoms with Crippen LogP contribution >= 0.6 is 12.2 Å². The van der Waals surface area contributed by atoms with Gasteiger partial charge in [-0.05, 0) is 60.7 Å². The summed E-state index contributed by atoms with van der Waals surface area (Å²) >= 11 is 5.76. The number of aromatic nitrogens is 2. The molecule has 0 saturated carbocycles. The first-order valence-corrected chi connectivity index (χ1v) is 10.7. The molecule has 3 heterocycles. The van der Waals surface area contributed by atoms with Crippen LogP contribution in [0.15, 0.2) is 91.3 Å². The number of benzene rings is 2. The van der Waals surface area contributed by atoms with Gasteiger partial charge in [0, 0.05) is 18.1 Å². The standard InChI is InChI=1S/C25H22N4O2S/c1-31-22-14-5-3-11-19(22)28-16-8-12-20(28)24-23(17-9-6-7-15-26-17)27-25(32)29(24)18-10-2-4-13-21(18)30/h2-16,23-24,30H,1H3,(H,27,32)/t23-,24-/m1/s1. The molecule has 0 amide bonds. The van der Waals surface area contributed by atoms with Crippen molar-refractivity contribution in [3.05, 3.63) is 103 Å². The Labute approximate surface area is 191 Å². The molecular weight excluding hydrogens is 420 g/mol. The minimum absolute atomic E-state index is 0.165. The van der Waals surface area contributed by atoms with E-state index in [0.29, 0.717) is 10.8 Å². The highest BCUT2D eigenvalue weighted by Gasteiger charge is 2.43. The fourth-order valence-electron chi connectivity index (χ4n) is 4.27. The van der Waals surface area contributed by atoms with Crippen LogP contribution in [0.2, 0.25) is 0 Å². The van der Waals surface area contributed by atoms with Gasteiger partial charge in [0.15, 0.2) is 5.11 Å². The van der Waals surface area contributed by atoms with Gasteiger partial charge in [-0.3, -0.25) is 4.98 Å². The van der Waals surface area contributed by atoms with Gasteiger partial charge in [-0.2, -0.15) is 0 Å². The Morgan fingerprint density at radius 3 is 2.44 bits per heavy atom. The molecule has 0 spiro atoms. The lowest BCUT2D eigenvalue weighted by molar-refractivity contribution is 0.412. The molecule has 0 aliphatic carbocycles. The largest absolute Gasteiger partial charge is 0.506 e. The van der Waals surface area contributed by atoms with Crippen molar-refractivity contribution >= 4 is 23.0 Å². The van der Waals surface area contributed by atoms with Crippen molar-refractivity contribution in [2.45, 2.75) is 12.1 Å². The minimum Gasteiger partial charge on any atom is -0.506 e. The van der Waals surface area contributed by atoms with E-state index in [1.165, 1.54) is 0 Å². The Kier molecular flexibility index (Phi) is 5.25. The third-order valence-corrected chi connectivity index (χ3v) is 5.98. The second kappa shape index (κ2) is 8.36. The number of ether oxygens (including phenoxy) is 1. The molecule has 4 aromatic rings. The summed E-state index contributed by atoms with van der Waals surface area (Å²) in [4.78, 5) is 6.56. The van der Waals surface area contributed by atoms with E-state index in [4.69, 9.17) is 17.0 Å². The second-order valence-corrected chi connectivity index (χ2v) is 7.85. The normalized spacial score (nSPS) is 17.9. The highest BCUT2D eigenvalue weighted by atomic mass is 32.1. The van der Waals surface area contributed by atoms with Crippen molar-refractivity contribution < 1.29 is 9.84 Å². The summed E-state index contributed by atoms with van der Waals surface area (Å²) in [5.41, 5.74) is 3.41. The highest BCUT2D eigenvalue weighted by molar-refractivity contribution is 7.80. The summed E-state index contributed by atoms with van der Waals surface area (Å²) in [5, 5.41) is 14.6.